The van der Waals surface area contributed by atoms with Crippen LogP contribution in [0.5, 0.6) is 0 Å². The number of nitrogens with zero attached hydrogens (tertiary/aromatic N) is 4. The van der Waals surface area contributed by atoms with E-state index in [4.69, 9.17) is 4.74 Å². The Bertz CT molecular complexity index is 952. The first-order valence-corrected chi connectivity index (χ1v) is 10.8. The summed E-state index contributed by atoms with van der Waals surface area (Å²) in [5.74, 6) is -0.356. The maximum Gasteiger partial charge on any atom is 0.433 e. The fourth-order valence-electron chi connectivity index (χ4n) is 4.91. The van der Waals surface area contributed by atoms with E-state index in [0.717, 1.165) is 51.3 Å². The van der Waals surface area contributed by atoms with Crippen LogP contribution in [0.2, 0.25) is 0 Å². The van der Waals surface area contributed by atoms with E-state index in [-0.39, 0.29) is 29.8 Å². The van der Waals surface area contributed by atoms with E-state index in [1.165, 1.54) is 18.9 Å². The number of carbonyl (C=O) groups is 1. The minimum Gasteiger partial charge on any atom is -0.461 e. The van der Waals surface area contributed by atoms with Gasteiger partial charge in [-0.2, -0.15) is 18.3 Å². The van der Waals surface area contributed by atoms with Crippen molar-refractivity contribution in [3.63, 3.8) is 0 Å². The zero-order chi connectivity index (χ0) is 20.9. The van der Waals surface area contributed by atoms with Crippen molar-refractivity contribution in [2.75, 3.05) is 19.7 Å². The van der Waals surface area contributed by atoms with Crippen LogP contribution in [0, 0.1) is 5.92 Å². The quantitative estimate of drug-likeness (QED) is 0.696. The van der Waals surface area contributed by atoms with Gasteiger partial charge in [-0.3, -0.25) is 4.90 Å². The lowest BCUT2D eigenvalue weighted by atomic mass is 9.84. The summed E-state index contributed by atoms with van der Waals surface area (Å²) < 4.78 is 46.8. The molecule has 1 aliphatic carbocycles. The fourth-order valence-corrected chi connectivity index (χ4v) is 4.91. The number of carbonyl (C=O) groups excluding carboxylic acids is 1. The van der Waals surface area contributed by atoms with Crippen molar-refractivity contribution in [2.45, 2.75) is 63.1 Å². The third-order valence-electron chi connectivity index (χ3n) is 6.60. The van der Waals surface area contributed by atoms with Crippen LogP contribution in [0.4, 0.5) is 13.2 Å². The van der Waals surface area contributed by atoms with Crippen LogP contribution < -0.4 is 0 Å². The number of hydrogen-bond donors (Lipinski definition) is 0. The molecule has 0 bridgehead atoms. The van der Waals surface area contributed by atoms with Gasteiger partial charge in [-0.1, -0.05) is 6.42 Å². The minimum absolute atomic E-state index is 0.0368. The van der Waals surface area contributed by atoms with E-state index in [1.807, 2.05) is 0 Å². The molecule has 0 unspecified atom stereocenters. The first-order chi connectivity index (χ1) is 14.4. The van der Waals surface area contributed by atoms with Crippen LogP contribution in [0.3, 0.4) is 0 Å². The van der Waals surface area contributed by atoms with E-state index in [0.29, 0.717) is 16.3 Å². The van der Waals surface area contributed by atoms with Crippen molar-refractivity contribution < 1.29 is 22.7 Å². The third-order valence-corrected chi connectivity index (χ3v) is 6.60. The molecule has 4 heterocycles. The number of hydrogen-bond acceptors (Lipinski definition) is 5. The average Bonchev–Trinajstić information content (AvgIpc) is 3.49. The summed E-state index contributed by atoms with van der Waals surface area (Å²) in [4.78, 5) is 19.4. The first-order valence-electron chi connectivity index (χ1n) is 10.8. The summed E-state index contributed by atoms with van der Waals surface area (Å²) in [6, 6.07) is 2.78. The normalized spacial score (nSPS) is 25.3. The summed E-state index contributed by atoms with van der Waals surface area (Å²) in [5.41, 5.74) is -0.583. The topological polar surface area (TPSA) is 59.7 Å². The summed E-state index contributed by atoms with van der Waals surface area (Å²) in [6.07, 6.45) is 2.69. The molecule has 9 heteroatoms. The number of esters is 1. The summed E-state index contributed by atoms with van der Waals surface area (Å²) in [7, 11) is 0. The molecule has 3 aliphatic rings. The van der Waals surface area contributed by atoms with Gasteiger partial charge in [0.2, 0.25) is 0 Å². The highest BCUT2D eigenvalue weighted by atomic mass is 19.4. The Balaban J connectivity index is 1.35. The number of alkyl halides is 3. The Morgan fingerprint density at radius 1 is 1.10 bits per heavy atom. The highest BCUT2D eigenvalue weighted by Crippen LogP contribution is 2.41. The molecule has 0 radical (unpaired) electrons. The molecule has 0 amide bonds. The van der Waals surface area contributed by atoms with Crippen molar-refractivity contribution in [1.29, 1.82) is 0 Å². The zero-order valence-electron chi connectivity index (χ0n) is 16.7. The molecule has 0 aromatic carbocycles. The van der Waals surface area contributed by atoms with Gasteiger partial charge in [0.25, 0.3) is 0 Å². The van der Waals surface area contributed by atoms with Crippen LogP contribution in [0.25, 0.3) is 5.65 Å². The van der Waals surface area contributed by atoms with Crippen LogP contribution >= 0.6 is 0 Å². The van der Waals surface area contributed by atoms with Gasteiger partial charge in [0.15, 0.2) is 11.3 Å². The molecule has 3 fully saturated rings. The lowest BCUT2D eigenvalue weighted by Crippen LogP contribution is -2.49. The molecule has 2 aromatic rings. The molecule has 1 saturated carbocycles. The Kier molecular flexibility index (Phi) is 4.95. The summed E-state index contributed by atoms with van der Waals surface area (Å²) in [6.45, 7) is 2.47. The summed E-state index contributed by atoms with van der Waals surface area (Å²) >= 11 is 0. The lowest BCUT2D eigenvalue weighted by molar-refractivity contribution is -0.142. The molecular weight excluding hydrogens is 397 g/mol. The fraction of sp³-hybridized carbons (Fsp3) is 0.667. The molecule has 6 nitrogen and oxygen atoms in total. The van der Waals surface area contributed by atoms with Gasteiger partial charge in [0, 0.05) is 29.6 Å². The van der Waals surface area contributed by atoms with E-state index in [2.05, 4.69) is 15.0 Å². The van der Waals surface area contributed by atoms with Crippen molar-refractivity contribution in [1.82, 2.24) is 19.5 Å². The molecule has 2 aromatic heterocycles. The monoisotopic (exact) mass is 422 g/mol. The molecule has 0 spiro atoms. The van der Waals surface area contributed by atoms with Gasteiger partial charge in [0.05, 0.1) is 6.61 Å². The molecular formula is C21H25F3N4O2. The predicted octanol–water partition coefficient (Wildman–Crippen LogP) is 4.05. The minimum atomic E-state index is -4.58. The number of halogens is 3. The lowest BCUT2D eigenvalue weighted by Gasteiger charge is -2.44. The van der Waals surface area contributed by atoms with Gasteiger partial charge in [-0.15, -0.1) is 0 Å². The molecule has 2 saturated heterocycles. The van der Waals surface area contributed by atoms with Gasteiger partial charge in [-0.25, -0.2) is 14.3 Å². The smallest absolute Gasteiger partial charge is 0.433 e. The Morgan fingerprint density at radius 3 is 2.67 bits per heavy atom. The molecule has 0 N–H and O–H groups in total. The average molecular weight is 422 g/mol. The number of ether oxygens (including phenoxy) is 1. The maximum atomic E-state index is 13.5. The van der Waals surface area contributed by atoms with Crippen LogP contribution in [0.15, 0.2) is 12.1 Å². The van der Waals surface area contributed by atoms with E-state index in [9.17, 15) is 18.0 Å². The van der Waals surface area contributed by atoms with Gasteiger partial charge < -0.3 is 4.74 Å². The summed E-state index contributed by atoms with van der Waals surface area (Å²) in [5, 5.41) is 3.89. The van der Waals surface area contributed by atoms with Crippen LogP contribution in [-0.4, -0.2) is 51.2 Å². The maximum absolute atomic E-state index is 13.5. The first kappa shape index (κ1) is 19.8. The van der Waals surface area contributed by atoms with Crippen LogP contribution in [0.1, 0.15) is 72.7 Å². The number of rotatable bonds is 4. The largest absolute Gasteiger partial charge is 0.461 e. The second kappa shape index (κ2) is 7.51. The van der Waals surface area contributed by atoms with Crippen molar-refractivity contribution in [3.05, 3.63) is 29.2 Å². The third kappa shape index (κ3) is 3.79. The standard InChI is InChI=1S/C21H25F3N4O2/c22-21(23,24)18-10-15(13-6-7-13)25-19-11-16(26-28(18)19)20(29)30-12-14-4-3-9-27-8-2-1-5-17(14)27/h10-11,13-14,17H,1-9,12H2/t14-,17-/m0/s1. The van der Waals surface area contributed by atoms with Crippen molar-refractivity contribution >= 4 is 11.6 Å². The van der Waals surface area contributed by atoms with Crippen molar-refractivity contribution in [2.24, 2.45) is 5.92 Å². The Labute approximate surface area is 172 Å². The molecule has 162 valence electrons. The van der Waals surface area contributed by atoms with E-state index in [1.54, 1.807) is 0 Å². The van der Waals surface area contributed by atoms with Gasteiger partial charge in [-0.05, 0) is 57.7 Å². The predicted molar refractivity (Wildman–Crippen MR) is 102 cm³/mol. The Morgan fingerprint density at radius 2 is 1.90 bits per heavy atom. The number of piperidine rings is 2. The van der Waals surface area contributed by atoms with Crippen molar-refractivity contribution in [3.8, 4) is 0 Å². The van der Waals surface area contributed by atoms with E-state index < -0.39 is 17.8 Å². The Hall–Kier alpha value is -2.16. The number of fused-ring (bicyclic) bond motifs is 2. The molecule has 5 rings (SSSR count). The van der Waals surface area contributed by atoms with E-state index >= 15 is 0 Å². The highest BCUT2D eigenvalue weighted by molar-refractivity contribution is 5.88. The zero-order valence-corrected chi connectivity index (χ0v) is 16.7. The second-order valence-electron chi connectivity index (χ2n) is 8.74. The van der Waals surface area contributed by atoms with Gasteiger partial charge in [0.1, 0.15) is 5.69 Å². The van der Waals surface area contributed by atoms with Crippen LogP contribution in [-0.2, 0) is 10.9 Å². The molecule has 30 heavy (non-hydrogen) atoms. The molecule has 2 aliphatic heterocycles. The van der Waals surface area contributed by atoms with Gasteiger partial charge >= 0.3 is 12.1 Å². The highest BCUT2D eigenvalue weighted by Gasteiger charge is 2.38. The second-order valence-corrected chi connectivity index (χ2v) is 8.74. The molecule has 2 atom stereocenters. The SMILES string of the molecule is O=C(OC[C@@H]1CCCN2CCCC[C@@H]12)c1cc2nc(C3CC3)cc(C(F)(F)F)n2n1. The number of aromatic nitrogens is 3.